The molecule has 1 heteroatoms. The maximum atomic E-state index is 12.2. The highest BCUT2D eigenvalue weighted by atomic mass is 16.1. The van der Waals surface area contributed by atoms with Gasteiger partial charge in [0.25, 0.3) is 0 Å². The minimum absolute atomic E-state index is 0.330. The van der Waals surface area contributed by atoms with E-state index in [0.717, 1.165) is 24.7 Å². The zero-order valence-electron chi connectivity index (χ0n) is 14.3. The van der Waals surface area contributed by atoms with Crippen LogP contribution < -0.4 is 0 Å². The third kappa shape index (κ3) is 3.28. The molecule has 2 rings (SSSR count). The summed E-state index contributed by atoms with van der Waals surface area (Å²) in [5.74, 6) is 2.55. The number of carbonyl (C=O) groups excluding carboxylic acids is 1. The van der Waals surface area contributed by atoms with Crippen molar-refractivity contribution in [2.45, 2.75) is 86.0 Å². The molecule has 0 radical (unpaired) electrons. The van der Waals surface area contributed by atoms with Gasteiger partial charge in [0.15, 0.2) is 0 Å². The first-order valence-electron chi connectivity index (χ1n) is 8.77. The Labute approximate surface area is 125 Å². The topological polar surface area (TPSA) is 17.1 Å². The number of Topliss-reactive ketones (excluding diaryl/α,β-unsaturated/α-hetero) is 1. The highest BCUT2D eigenvalue weighted by Gasteiger charge is 2.52. The summed E-state index contributed by atoms with van der Waals surface area (Å²) in [4.78, 5) is 12.2. The third-order valence-corrected chi connectivity index (χ3v) is 6.21. The van der Waals surface area contributed by atoms with Crippen LogP contribution in [0.3, 0.4) is 0 Å². The Morgan fingerprint density at radius 1 is 1.30 bits per heavy atom. The van der Waals surface area contributed by atoms with Crippen LogP contribution in [0.4, 0.5) is 0 Å². The molecule has 0 spiro atoms. The van der Waals surface area contributed by atoms with Crippen molar-refractivity contribution in [1.29, 1.82) is 0 Å². The average Bonchev–Trinajstić information content (AvgIpc) is 2.66. The van der Waals surface area contributed by atoms with E-state index >= 15 is 0 Å². The van der Waals surface area contributed by atoms with E-state index < -0.39 is 0 Å². The van der Waals surface area contributed by atoms with Crippen LogP contribution in [0.1, 0.15) is 86.0 Å². The second-order valence-corrected chi connectivity index (χ2v) is 8.99. The van der Waals surface area contributed by atoms with Crippen molar-refractivity contribution < 1.29 is 4.79 Å². The van der Waals surface area contributed by atoms with Crippen molar-refractivity contribution in [2.24, 2.45) is 28.6 Å². The van der Waals surface area contributed by atoms with E-state index in [9.17, 15) is 4.79 Å². The Hall–Kier alpha value is -0.330. The Balaban J connectivity index is 1.93. The summed E-state index contributed by atoms with van der Waals surface area (Å²) in [5, 5.41) is 0. The van der Waals surface area contributed by atoms with Gasteiger partial charge < -0.3 is 0 Å². The van der Waals surface area contributed by atoms with Crippen molar-refractivity contribution in [2.75, 3.05) is 0 Å². The Morgan fingerprint density at radius 3 is 2.65 bits per heavy atom. The summed E-state index contributed by atoms with van der Waals surface area (Å²) in [6, 6.07) is 0. The number of hydrogen-bond acceptors (Lipinski definition) is 1. The molecule has 4 atom stereocenters. The van der Waals surface area contributed by atoms with Crippen molar-refractivity contribution in [3.63, 3.8) is 0 Å². The van der Waals surface area contributed by atoms with Crippen molar-refractivity contribution in [1.82, 2.24) is 0 Å². The first-order chi connectivity index (χ1) is 9.24. The largest absolute Gasteiger partial charge is 0.299 e. The molecule has 2 fully saturated rings. The predicted molar refractivity (Wildman–Crippen MR) is 85.6 cm³/mol. The molecule has 116 valence electrons. The first-order valence-corrected chi connectivity index (χ1v) is 8.77. The highest BCUT2D eigenvalue weighted by Crippen LogP contribution is 2.57. The van der Waals surface area contributed by atoms with Crippen LogP contribution in [-0.2, 0) is 4.79 Å². The molecule has 0 heterocycles. The van der Waals surface area contributed by atoms with Crippen LogP contribution in [-0.4, -0.2) is 5.78 Å². The van der Waals surface area contributed by atoms with Crippen LogP contribution >= 0.6 is 0 Å². The van der Waals surface area contributed by atoms with Crippen LogP contribution in [0, 0.1) is 28.6 Å². The van der Waals surface area contributed by atoms with Crippen LogP contribution in [0.15, 0.2) is 0 Å². The molecule has 0 saturated heterocycles. The standard InChI is InChI=1S/C19H34O/c1-14(8-6-12-18(2,3)4)15-10-11-16-17(20)9-7-13-19(15,16)5/h14-16H,6-13H2,1-5H3/t14-,15?,16-,19-/m1/s1. The zero-order chi connectivity index (χ0) is 15.0. The monoisotopic (exact) mass is 278 g/mol. The van der Waals surface area contributed by atoms with Crippen LogP contribution in [0.25, 0.3) is 0 Å². The number of fused-ring (bicyclic) bond motifs is 1. The van der Waals surface area contributed by atoms with Gasteiger partial charge in [-0.05, 0) is 54.8 Å². The van der Waals surface area contributed by atoms with Gasteiger partial charge in [-0.2, -0.15) is 0 Å². The van der Waals surface area contributed by atoms with Gasteiger partial charge >= 0.3 is 0 Å². The molecule has 0 N–H and O–H groups in total. The molecule has 0 aromatic rings. The molecular formula is C19H34O. The molecule has 2 aliphatic rings. The lowest BCUT2D eigenvalue weighted by Crippen LogP contribution is -2.39. The summed E-state index contributed by atoms with van der Waals surface area (Å²) < 4.78 is 0. The minimum atomic E-state index is 0.330. The summed E-state index contributed by atoms with van der Waals surface area (Å²) in [6.45, 7) is 11.9. The van der Waals surface area contributed by atoms with Crippen LogP contribution in [0.5, 0.6) is 0 Å². The lowest BCUT2D eigenvalue weighted by atomic mass is 9.62. The van der Waals surface area contributed by atoms with E-state index in [1.54, 1.807) is 0 Å². The Bertz CT molecular complexity index is 351. The smallest absolute Gasteiger partial charge is 0.136 e. The lowest BCUT2D eigenvalue weighted by Gasteiger charge is -2.42. The normalized spacial score (nSPS) is 36.0. The second-order valence-electron chi connectivity index (χ2n) is 8.99. The minimum Gasteiger partial charge on any atom is -0.299 e. The number of hydrogen-bond donors (Lipinski definition) is 0. The zero-order valence-corrected chi connectivity index (χ0v) is 14.3. The van der Waals surface area contributed by atoms with Gasteiger partial charge in [-0.3, -0.25) is 4.79 Å². The van der Waals surface area contributed by atoms with E-state index in [2.05, 4.69) is 34.6 Å². The Morgan fingerprint density at radius 2 is 2.00 bits per heavy atom. The second kappa shape index (κ2) is 5.81. The highest BCUT2D eigenvalue weighted by molar-refractivity contribution is 5.83. The Kier molecular flexibility index (Phi) is 4.66. The lowest BCUT2D eigenvalue weighted by molar-refractivity contribution is -0.130. The van der Waals surface area contributed by atoms with Gasteiger partial charge in [0, 0.05) is 12.3 Å². The molecule has 20 heavy (non-hydrogen) atoms. The SMILES string of the molecule is C[C@H](CCCC(C)(C)C)C1CC[C@@H]2C(=O)CCC[C@]12C. The van der Waals surface area contributed by atoms with E-state index in [1.807, 2.05) is 0 Å². The van der Waals surface area contributed by atoms with Crippen molar-refractivity contribution in [3.05, 3.63) is 0 Å². The van der Waals surface area contributed by atoms with Gasteiger partial charge in [-0.15, -0.1) is 0 Å². The van der Waals surface area contributed by atoms with Gasteiger partial charge in [0.1, 0.15) is 5.78 Å². The molecule has 0 aromatic heterocycles. The van der Waals surface area contributed by atoms with E-state index in [4.69, 9.17) is 0 Å². The van der Waals surface area contributed by atoms with Gasteiger partial charge in [0.05, 0.1) is 0 Å². The van der Waals surface area contributed by atoms with E-state index in [0.29, 0.717) is 22.5 Å². The molecule has 0 aliphatic heterocycles. The summed E-state index contributed by atoms with van der Waals surface area (Å²) in [7, 11) is 0. The fourth-order valence-corrected chi connectivity index (χ4v) is 5.06. The summed E-state index contributed by atoms with van der Waals surface area (Å²) in [5.41, 5.74) is 0.791. The molecule has 1 unspecified atom stereocenters. The number of carbonyl (C=O) groups is 1. The fourth-order valence-electron chi connectivity index (χ4n) is 5.06. The molecule has 0 amide bonds. The van der Waals surface area contributed by atoms with Crippen molar-refractivity contribution in [3.8, 4) is 0 Å². The van der Waals surface area contributed by atoms with E-state index in [-0.39, 0.29) is 0 Å². The number of ketones is 1. The maximum absolute atomic E-state index is 12.2. The first kappa shape index (κ1) is 16.0. The average molecular weight is 278 g/mol. The molecular weight excluding hydrogens is 244 g/mol. The molecule has 0 bridgehead atoms. The molecule has 2 saturated carbocycles. The summed E-state index contributed by atoms with van der Waals surface area (Å²) >= 11 is 0. The fraction of sp³-hybridized carbons (Fsp3) is 0.947. The third-order valence-electron chi connectivity index (χ3n) is 6.21. The van der Waals surface area contributed by atoms with E-state index in [1.165, 1.54) is 38.5 Å². The van der Waals surface area contributed by atoms with Crippen LogP contribution in [0.2, 0.25) is 0 Å². The maximum Gasteiger partial charge on any atom is 0.136 e. The predicted octanol–water partition coefficient (Wildman–Crippen LogP) is 5.62. The quantitative estimate of drug-likeness (QED) is 0.652. The molecule has 2 aliphatic carbocycles. The van der Waals surface area contributed by atoms with Gasteiger partial charge in [0.2, 0.25) is 0 Å². The number of rotatable bonds is 4. The molecule has 0 aromatic carbocycles. The summed E-state index contributed by atoms with van der Waals surface area (Å²) in [6.07, 6.45) is 9.75. The van der Waals surface area contributed by atoms with Gasteiger partial charge in [-0.25, -0.2) is 0 Å². The van der Waals surface area contributed by atoms with Crippen molar-refractivity contribution >= 4 is 5.78 Å². The van der Waals surface area contributed by atoms with Gasteiger partial charge in [-0.1, -0.05) is 47.5 Å². The molecule has 1 nitrogen and oxygen atoms in total.